The van der Waals surface area contributed by atoms with Crippen molar-refractivity contribution >= 4 is 17.7 Å². The van der Waals surface area contributed by atoms with Crippen LogP contribution in [0.1, 0.15) is 23.2 Å². The van der Waals surface area contributed by atoms with E-state index in [1.165, 1.54) is 0 Å². The number of amides is 1. The van der Waals surface area contributed by atoms with Crippen molar-refractivity contribution in [1.82, 2.24) is 14.7 Å². The molecule has 0 N–H and O–H groups in total. The van der Waals surface area contributed by atoms with E-state index >= 15 is 0 Å². The fraction of sp³-hybridized carbons (Fsp3) is 0.360. The van der Waals surface area contributed by atoms with Gasteiger partial charge in [-0.05, 0) is 50.1 Å². The van der Waals surface area contributed by atoms with Crippen molar-refractivity contribution < 1.29 is 14.3 Å². The van der Waals surface area contributed by atoms with Crippen LogP contribution in [0.3, 0.4) is 0 Å². The summed E-state index contributed by atoms with van der Waals surface area (Å²) in [4.78, 5) is 14.8. The molecule has 1 fully saturated rings. The van der Waals surface area contributed by atoms with Gasteiger partial charge in [0.1, 0.15) is 11.5 Å². The van der Waals surface area contributed by atoms with Crippen LogP contribution in [-0.4, -0.2) is 52.3 Å². The Labute approximate surface area is 193 Å². The number of methoxy groups -OCH3 is 1. The maximum absolute atomic E-state index is 12.8. The van der Waals surface area contributed by atoms with Gasteiger partial charge in [0.15, 0.2) is 0 Å². The van der Waals surface area contributed by atoms with Gasteiger partial charge in [-0.1, -0.05) is 18.2 Å². The lowest BCUT2D eigenvalue weighted by Gasteiger charge is -2.26. The molecule has 1 saturated heterocycles. The Balaban J connectivity index is 1.65. The molecular weight excluding hydrogens is 422 g/mol. The number of aromatic nitrogens is 2. The summed E-state index contributed by atoms with van der Waals surface area (Å²) < 4.78 is 13.6. The first-order chi connectivity index (χ1) is 15.5. The molecule has 1 aliphatic heterocycles. The third kappa shape index (κ3) is 5.10. The van der Waals surface area contributed by atoms with E-state index in [1.54, 1.807) is 7.11 Å². The van der Waals surface area contributed by atoms with Crippen LogP contribution in [0.15, 0.2) is 48.5 Å². The zero-order chi connectivity index (χ0) is 22.5. The highest BCUT2D eigenvalue weighted by molar-refractivity contribution is 7.99. The predicted octanol–water partition coefficient (Wildman–Crippen LogP) is 4.80. The number of carbonyl (C=O) groups excluding carboxylic acids is 1. The maximum Gasteiger partial charge on any atom is 0.226 e. The van der Waals surface area contributed by atoms with Gasteiger partial charge < -0.3 is 14.4 Å². The minimum atomic E-state index is 0.195. The van der Waals surface area contributed by atoms with Gasteiger partial charge in [-0.15, -0.1) is 0 Å². The zero-order valence-corrected chi connectivity index (χ0v) is 19.7. The lowest BCUT2D eigenvalue weighted by atomic mass is 10.1. The van der Waals surface area contributed by atoms with Crippen LogP contribution in [0.25, 0.3) is 5.69 Å². The molecule has 32 heavy (non-hydrogen) atoms. The van der Waals surface area contributed by atoms with Crippen molar-refractivity contribution in [3.05, 3.63) is 65.4 Å². The first-order valence-electron chi connectivity index (χ1n) is 10.9. The fourth-order valence-electron chi connectivity index (χ4n) is 3.84. The van der Waals surface area contributed by atoms with Gasteiger partial charge >= 0.3 is 0 Å². The van der Waals surface area contributed by atoms with E-state index in [2.05, 4.69) is 19.1 Å². The first-order valence-corrected chi connectivity index (χ1v) is 12.0. The molecule has 3 aromatic rings. The number of nitrogens with zero attached hydrogens (tertiary/aromatic N) is 3. The zero-order valence-electron chi connectivity index (χ0n) is 18.8. The Bertz CT molecular complexity index is 1090. The Morgan fingerprint density at radius 1 is 1.06 bits per heavy atom. The van der Waals surface area contributed by atoms with Gasteiger partial charge in [0.2, 0.25) is 11.8 Å². The summed E-state index contributed by atoms with van der Waals surface area (Å²) in [5.74, 6) is 4.25. The summed E-state index contributed by atoms with van der Waals surface area (Å²) >= 11 is 1.90. The van der Waals surface area contributed by atoms with Gasteiger partial charge in [-0.2, -0.15) is 16.9 Å². The minimum absolute atomic E-state index is 0.195. The normalized spacial score (nSPS) is 13.8. The van der Waals surface area contributed by atoms with Crippen molar-refractivity contribution in [2.45, 2.75) is 26.7 Å². The van der Waals surface area contributed by atoms with E-state index in [-0.39, 0.29) is 5.91 Å². The third-order valence-corrected chi connectivity index (χ3v) is 6.53. The second-order valence-electron chi connectivity index (χ2n) is 7.89. The summed E-state index contributed by atoms with van der Waals surface area (Å²) in [5.41, 5.74) is 3.89. The number of carbonyl (C=O) groups is 1. The molecule has 0 spiro atoms. The second kappa shape index (κ2) is 10.1. The molecule has 1 aliphatic rings. The van der Waals surface area contributed by atoms with Crippen LogP contribution in [-0.2, 0) is 11.2 Å². The maximum atomic E-state index is 12.8. The Kier molecular flexibility index (Phi) is 7.05. The van der Waals surface area contributed by atoms with Crippen molar-refractivity contribution in [2.24, 2.45) is 0 Å². The number of rotatable bonds is 7. The lowest BCUT2D eigenvalue weighted by molar-refractivity contribution is -0.130. The second-order valence-corrected chi connectivity index (χ2v) is 9.12. The summed E-state index contributed by atoms with van der Waals surface area (Å²) in [7, 11) is 1.64. The highest BCUT2D eigenvalue weighted by atomic mass is 32.2. The number of hydrogen-bond donors (Lipinski definition) is 0. The summed E-state index contributed by atoms with van der Waals surface area (Å²) in [6, 6.07) is 15.7. The topological polar surface area (TPSA) is 56.6 Å². The molecule has 1 amide bonds. The van der Waals surface area contributed by atoms with E-state index in [0.717, 1.165) is 52.9 Å². The number of aryl methyl sites for hydroxylation is 2. The molecule has 7 heteroatoms. The molecule has 0 unspecified atom stereocenters. The first kappa shape index (κ1) is 22.3. The molecule has 2 heterocycles. The number of benzene rings is 2. The molecule has 0 atom stereocenters. The fourth-order valence-corrected chi connectivity index (χ4v) is 4.75. The quantitative estimate of drug-likeness (QED) is 0.517. The number of ether oxygens (including phenoxy) is 2. The van der Waals surface area contributed by atoms with Gasteiger partial charge in [-0.25, -0.2) is 4.68 Å². The minimum Gasteiger partial charge on any atom is -0.497 e. The Morgan fingerprint density at radius 3 is 2.56 bits per heavy atom. The van der Waals surface area contributed by atoms with Crippen LogP contribution >= 0.6 is 11.8 Å². The standard InChI is InChI=1S/C25H29N3O3S/c1-18-6-4-7-20(16-18)28-25(31-22-9-5-8-21(17-22)30-3)23(19(2)26-28)10-11-24(29)27-12-14-32-15-13-27/h4-9,16-17H,10-15H2,1-3H3. The molecule has 2 aromatic carbocycles. The smallest absolute Gasteiger partial charge is 0.226 e. The number of hydrogen-bond acceptors (Lipinski definition) is 5. The molecule has 4 rings (SSSR count). The monoisotopic (exact) mass is 451 g/mol. The Morgan fingerprint density at radius 2 is 1.81 bits per heavy atom. The Hall–Kier alpha value is -2.93. The van der Waals surface area contributed by atoms with E-state index < -0.39 is 0 Å². The van der Waals surface area contributed by atoms with E-state index in [1.807, 2.05) is 64.7 Å². The van der Waals surface area contributed by atoms with Crippen molar-refractivity contribution in [3.63, 3.8) is 0 Å². The highest BCUT2D eigenvalue weighted by Gasteiger charge is 2.22. The average molecular weight is 452 g/mol. The molecule has 6 nitrogen and oxygen atoms in total. The van der Waals surface area contributed by atoms with Crippen LogP contribution in [0, 0.1) is 13.8 Å². The van der Waals surface area contributed by atoms with Crippen LogP contribution in [0.2, 0.25) is 0 Å². The van der Waals surface area contributed by atoms with Gasteiger partial charge in [0.05, 0.1) is 18.5 Å². The van der Waals surface area contributed by atoms with E-state index in [9.17, 15) is 4.79 Å². The van der Waals surface area contributed by atoms with Crippen LogP contribution < -0.4 is 9.47 Å². The van der Waals surface area contributed by atoms with Gasteiger partial charge in [-0.3, -0.25) is 4.79 Å². The SMILES string of the molecule is COc1cccc(Oc2c(CCC(=O)N3CCSCC3)c(C)nn2-c2cccc(C)c2)c1. The molecule has 0 bridgehead atoms. The number of thioether (sulfide) groups is 1. The predicted molar refractivity (Wildman–Crippen MR) is 128 cm³/mol. The molecule has 1 aromatic heterocycles. The van der Waals surface area contributed by atoms with E-state index in [0.29, 0.717) is 24.5 Å². The largest absolute Gasteiger partial charge is 0.497 e. The van der Waals surface area contributed by atoms with E-state index in [4.69, 9.17) is 14.6 Å². The van der Waals surface area contributed by atoms with Crippen molar-refractivity contribution in [3.8, 4) is 23.1 Å². The molecular formula is C25H29N3O3S. The molecule has 0 saturated carbocycles. The van der Waals surface area contributed by atoms with Gasteiger partial charge in [0, 0.05) is 42.6 Å². The van der Waals surface area contributed by atoms with Gasteiger partial charge in [0.25, 0.3) is 0 Å². The highest BCUT2D eigenvalue weighted by Crippen LogP contribution is 2.33. The van der Waals surface area contributed by atoms with Crippen molar-refractivity contribution in [1.29, 1.82) is 0 Å². The molecule has 0 radical (unpaired) electrons. The lowest BCUT2D eigenvalue weighted by Crippen LogP contribution is -2.38. The summed E-state index contributed by atoms with van der Waals surface area (Å²) in [6.07, 6.45) is 1.03. The molecule has 168 valence electrons. The average Bonchev–Trinajstić information content (AvgIpc) is 3.13. The molecule has 0 aliphatic carbocycles. The van der Waals surface area contributed by atoms with Crippen LogP contribution in [0.4, 0.5) is 0 Å². The summed E-state index contributed by atoms with van der Waals surface area (Å²) in [6.45, 7) is 5.69. The van der Waals surface area contributed by atoms with Crippen LogP contribution in [0.5, 0.6) is 17.4 Å². The third-order valence-electron chi connectivity index (χ3n) is 5.59. The summed E-state index contributed by atoms with van der Waals surface area (Å²) in [5, 5.41) is 4.78. The van der Waals surface area contributed by atoms with Crippen molar-refractivity contribution in [2.75, 3.05) is 31.7 Å².